The highest BCUT2D eigenvalue weighted by Crippen LogP contribution is 2.38. The molecule has 0 aliphatic rings. The Balaban J connectivity index is 3.39. The largest absolute Gasteiger partial charge is 0.416 e. The minimum Gasteiger partial charge on any atom is -0.303 e. The van der Waals surface area contributed by atoms with Gasteiger partial charge < -0.3 is 4.79 Å². The van der Waals surface area contributed by atoms with Crippen molar-refractivity contribution < 1.29 is 22.9 Å². The van der Waals surface area contributed by atoms with E-state index in [0.29, 0.717) is 6.29 Å². The lowest BCUT2D eigenvalue weighted by molar-refractivity contribution is -0.484. The fraction of sp³-hybridized carbons (Fsp3) is 0.500. The average Bonchev–Trinajstić information content (AvgIpc) is 2.36. The highest BCUT2D eigenvalue weighted by atomic mass is 19.4. The van der Waals surface area contributed by atoms with Crippen LogP contribution in [-0.4, -0.2) is 17.8 Å². The Labute approximate surface area is 120 Å². The number of carbonyl (C=O) groups excluding carboxylic acids is 1. The monoisotopic (exact) mass is 303 g/mol. The highest BCUT2D eigenvalue weighted by molar-refractivity contribution is 5.57. The second-order valence-electron chi connectivity index (χ2n) is 5.16. The molecule has 1 aromatic carbocycles. The van der Waals surface area contributed by atoms with Gasteiger partial charge >= 0.3 is 6.18 Å². The van der Waals surface area contributed by atoms with Gasteiger partial charge in [-0.1, -0.05) is 32.0 Å². The summed E-state index contributed by atoms with van der Waals surface area (Å²) in [5.41, 5.74) is -1.13. The van der Waals surface area contributed by atoms with E-state index >= 15 is 0 Å². The van der Waals surface area contributed by atoms with Crippen LogP contribution in [0.5, 0.6) is 0 Å². The van der Waals surface area contributed by atoms with Crippen LogP contribution >= 0.6 is 0 Å². The number of aldehydes is 1. The van der Waals surface area contributed by atoms with E-state index in [0.717, 1.165) is 6.07 Å². The average molecular weight is 303 g/mol. The molecule has 0 N–H and O–H groups in total. The molecule has 0 unspecified atom stereocenters. The predicted molar refractivity (Wildman–Crippen MR) is 70.4 cm³/mol. The van der Waals surface area contributed by atoms with Crippen molar-refractivity contribution in [3.8, 4) is 0 Å². The zero-order valence-corrected chi connectivity index (χ0v) is 11.6. The first-order valence-electron chi connectivity index (χ1n) is 6.41. The lowest BCUT2D eigenvalue weighted by Crippen LogP contribution is -2.28. The number of hydrogen-bond acceptors (Lipinski definition) is 3. The molecule has 0 spiro atoms. The molecule has 4 nitrogen and oxygen atoms in total. The Morgan fingerprint density at radius 2 is 1.86 bits per heavy atom. The Kier molecular flexibility index (Phi) is 5.46. The summed E-state index contributed by atoms with van der Waals surface area (Å²) >= 11 is 0. The maximum Gasteiger partial charge on any atom is 0.416 e. The second kappa shape index (κ2) is 6.69. The molecule has 1 aromatic rings. The maximum absolute atomic E-state index is 13.1. The van der Waals surface area contributed by atoms with Gasteiger partial charge in [-0.2, -0.15) is 13.2 Å². The van der Waals surface area contributed by atoms with Crippen LogP contribution in [0.25, 0.3) is 0 Å². The van der Waals surface area contributed by atoms with Crippen molar-refractivity contribution in [3.05, 3.63) is 45.5 Å². The molecule has 7 heteroatoms. The maximum atomic E-state index is 13.1. The van der Waals surface area contributed by atoms with Crippen molar-refractivity contribution in [1.29, 1.82) is 0 Å². The minimum atomic E-state index is -4.62. The van der Waals surface area contributed by atoms with Crippen molar-refractivity contribution in [2.24, 2.45) is 11.8 Å². The number of benzene rings is 1. The summed E-state index contributed by atoms with van der Waals surface area (Å²) in [5.74, 6) is -2.25. The molecule has 0 heterocycles. The highest BCUT2D eigenvalue weighted by Gasteiger charge is 2.39. The molecule has 0 fully saturated rings. The fourth-order valence-electron chi connectivity index (χ4n) is 2.38. The summed E-state index contributed by atoms with van der Waals surface area (Å²) in [7, 11) is 0. The molecule has 0 aromatic heterocycles. The number of nitrogens with zero attached hydrogens (tertiary/aromatic N) is 1. The van der Waals surface area contributed by atoms with Gasteiger partial charge in [0.25, 0.3) is 0 Å². The summed E-state index contributed by atoms with van der Waals surface area (Å²) in [6.07, 6.45) is -4.11. The van der Waals surface area contributed by atoms with Gasteiger partial charge in [-0.15, -0.1) is 0 Å². The molecule has 0 aliphatic carbocycles. The molecule has 0 bridgehead atoms. The van der Waals surface area contributed by atoms with Gasteiger partial charge in [-0.3, -0.25) is 10.1 Å². The molecular weight excluding hydrogens is 287 g/mol. The lowest BCUT2D eigenvalue weighted by atomic mass is 9.78. The molecule has 0 saturated heterocycles. The summed E-state index contributed by atoms with van der Waals surface area (Å²) < 4.78 is 39.2. The Morgan fingerprint density at radius 3 is 2.29 bits per heavy atom. The van der Waals surface area contributed by atoms with Crippen LogP contribution < -0.4 is 0 Å². The third-order valence-corrected chi connectivity index (χ3v) is 3.40. The van der Waals surface area contributed by atoms with Crippen molar-refractivity contribution in [2.45, 2.75) is 25.9 Å². The Hall–Kier alpha value is -1.92. The second-order valence-corrected chi connectivity index (χ2v) is 5.16. The minimum absolute atomic E-state index is 0.201. The summed E-state index contributed by atoms with van der Waals surface area (Å²) in [4.78, 5) is 21.3. The van der Waals surface area contributed by atoms with Gasteiger partial charge in [0.05, 0.1) is 11.5 Å². The summed E-state index contributed by atoms with van der Waals surface area (Å²) in [6, 6.07) is 4.70. The normalized spacial score (nSPS) is 14.8. The van der Waals surface area contributed by atoms with Crippen molar-refractivity contribution in [1.82, 2.24) is 0 Å². The predicted octanol–water partition coefficient (Wildman–Crippen LogP) is 3.54. The standard InChI is InChI=1S/C14H16F3NO3/c1-9(2)12(8-19)11(7-18(20)21)10-5-3-4-6-13(10)14(15,16)17/h3-6,8-9,11-12H,7H2,1-2H3/t11-,12-/m1/s1. The van der Waals surface area contributed by atoms with Gasteiger partial charge in [0.2, 0.25) is 6.54 Å². The third kappa shape index (κ3) is 4.27. The summed E-state index contributed by atoms with van der Waals surface area (Å²) in [5, 5.41) is 10.8. The topological polar surface area (TPSA) is 60.2 Å². The molecular formula is C14H16F3NO3. The molecule has 2 atom stereocenters. The Morgan fingerprint density at radius 1 is 1.29 bits per heavy atom. The van der Waals surface area contributed by atoms with Crippen molar-refractivity contribution in [3.63, 3.8) is 0 Å². The number of rotatable bonds is 6. The number of nitro groups is 1. The van der Waals surface area contributed by atoms with Gasteiger partial charge in [0.1, 0.15) is 6.29 Å². The lowest BCUT2D eigenvalue weighted by Gasteiger charge is -2.25. The van der Waals surface area contributed by atoms with Gasteiger partial charge in [0, 0.05) is 10.8 Å². The molecule has 21 heavy (non-hydrogen) atoms. The first kappa shape index (κ1) is 17.1. The first-order chi connectivity index (χ1) is 9.68. The number of alkyl halides is 3. The SMILES string of the molecule is CC(C)[C@@H](C=O)[C@H](C[N+](=O)[O-])c1ccccc1C(F)(F)F. The smallest absolute Gasteiger partial charge is 0.303 e. The van der Waals surface area contributed by atoms with Crippen LogP contribution in [0.1, 0.15) is 30.9 Å². The number of carbonyl (C=O) groups is 1. The van der Waals surface area contributed by atoms with E-state index in [1.807, 2.05) is 0 Å². The van der Waals surface area contributed by atoms with Crippen LogP contribution in [0, 0.1) is 22.0 Å². The Bertz CT molecular complexity index is 514. The van der Waals surface area contributed by atoms with Crippen LogP contribution in [0.2, 0.25) is 0 Å². The van der Waals surface area contributed by atoms with Crippen LogP contribution in [-0.2, 0) is 11.0 Å². The van der Waals surface area contributed by atoms with Gasteiger partial charge in [0.15, 0.2) is 0 Å². The van der Waals surface area contributed by atoms with E-state index in [1.165, 1.54) is 18.2 Å². The molecule has 0 radical (unpaired) electrons. The zero-order valence-electron chi connectivity index (χ0n) is 11.6. The fourth-order valence-corrected chi connectivity index (χ4v) is 2.38. The molecule has 0 amide bonds. The van der Waals surface area contributed by atoms with E-state index in [-0.39, 0.29) is 11.5 Å². The van der Waals surface area contributed by atoms with E-state index in [4.69, 9.17) is 0 Å². The van der Waals surface area contributed by atoms with Crippen LogP contribution in [0.15, 0.2) is 24.3 Å². The van der Waals surface area contributed by atoms with Crippen LogP contribution in [0.3, 0.4) is 0 Å². The number of hydrogen-bond donors (Lipinski definition) is 0. The van der Waals surface area contributed by atoms with Gasteiger partial charge in [-0.05, 0) is 17.5 Å². The van der Waals surface area contributed by atoms with Crippen LogP contribution in [0.4, 0.5) is 13.2 Å². The quantitative estimate of drug-likeness (QED) is 0.459. The zero-order chi connectivity index (χ0) is 16.2. The molecule has 1 rings (SSSR count). The van der Waals surface area contributed by atoms with E-state index < -0.39 is 35.0 Å². The van der Waals surface area contributed by atoms with Crippen molar-refractivity contribution >= 4 is 6.29 Å². The van der Waals surface area contributed by atoms with E-state index in [1.54, 1.807) is 13.8 Å². The van der Waals surface area contributed by atoms with E-state index in [9.17, 15) is 28.1 Å². The number of halogens is 3. The van der Waals surface area contributed by atoms with Crippen molar-refractivity contribution in [2.75, 3.05) is 6.54 Å². The molecule has 0 aliphatic heterocycles. The summed E-state index contributed by atoms with van der Waals surface area (Å²) in [6.45, 7) is 2.60. The molecule has 0 saturated carbocycles. The third-order valence-electron chi connectivity index (χ3n) is 3.40. The van der Waals surface area contributed by atoms with Gasteiger partial charge in [-0.25, -0.2) is 0 Å². The molecule has 116 valence electrons. The van der Waals surface area contributed by atoms with E-state index in [2.05, 4.69) is 0 Å². The first-order valence-corrected chi connectivity index (χ1v) is 6.41.